The number of nitrogens with zero attached hydrogens (tertiary/aromatic N) is 2. The monoisotopic (exact) mass is 199 g/mol. The molecular weight excluding hydrogens is 182 g/mol. The van der Waals surface area contributed by atoms with Crippen LogP contribution >= 0.6 is 0 Å². The maximum Gasteiger partial charge on any atom is 0.321 e. The molecule has 0 fully saturated rings. The molecule has 0 radical (unpaired) electrons. The van der Waals surface area contributed by atoms with Gasteiger partial charge in [0, 0.05) is 12.6 Å². The molecule has 1 rings (SSSR count). The first-order valence-corrected chi connectivity index (χ1v) is 4.57. The molecule has 0 spiro atoms. The minimum absolute atomic E-state index is 0.0832. The van der Waals surface area contributed by atoms with Gasteiger partial charge in [-0.15, -0.1) is 0 Å². The summed E-state index contributed by atoms with van der Waals surface area (Å²) in [6.45, 7) is 7.94. The zero-order valence-corrected chi connectivity index (χ0v) is 9.29. The van der Waals surface area contributed by atoms with E-state index in [0.717, 1.165) is 0 Å². The van der Waals surface area contributed by atoms with Gasteiger partial charge in [0.05, 0.1) is 0 Å². The molecule has 0 saturated heterocycles. The van der Waals surface area contributed by atoms with Crippen LogP contribution in [0.2, 0.25) is 0 Å². The van der Waals surface area contributed by atoms with E-state index in [0.29, 0.717) is 11.8 Å². The van der Waals surface area contributed by atoms with Crippen LogP contribution in [0.4, 0.5) is 6.01 Å². The number of aromatic nitrogens is 2. The van der Waals surface area contributed by atoms with Gasteiger partial charge in [0.1, 0.15) is 6.10 Å². The Balaban J connectivity index is 2.69. The van der Waals surface area contributed by atoms with Crippen molar-refractivity contribution >= 4 is 6.01 Å². The summed E-state index contributed by atoms with van der Waals surface area (Å²) in [7, 11) is 1.61. The Morgan fingerprint density at radius 3 is 2.57 bits per heavy atom. The summed E-state index contributed by atoms with van der Waals surface area (Å²) in [5.41, 5.74) is -0.0832. The lowest BCUT2D eigenvalue weighted by Gasteiger charge is -2.17. The summed E-state index contributed by atoms with van der Waals surface area (Å²) in [4.78, 5) is 4.15. The predicted molar refractivity (Wildman–Crippen MR) is 53.1 cm³/mol. The first-order valence-electron chi connectivity index (χ1n) is 4.57. The molecule has 14 heavy (non-hydrogen) atoms. The summed E-state index contributed by atoms with van der Waals surface area (Å²) in [5, 5.41) is 6.88. The Labute approximate surface area is 83.8 Å². The van der Waals surface area contributed by atoms with Crippen molar-refractivity contribution in [1.29, 1.82) is 0 Å². The molecule has 0 aliphatic rings. The van der Waals surface area contributed by atoms with E-state index in [4.69, 9.17) is 9.26 Å². The molecule has 5 heteroatoms. The zero-order chi connectivity index (χ0) is 10.8. The van der Waals surface area contributed by atoms with E-state index in [1.165, 1.54) is 0 Å². The normalized spacial score (nSPS) is 14.1. The number of nitrogens with one attached hydrogen (secondary N) is 1. The Morgan fingerprint density at radius 2 is 2.07 bits per heavy atom. The van der Waals surface area contributed by atoms with E-state index in [9.17, 15) is 0 Å². The fourth-order valence-electron chi connectivity index (χ4n) is 0.877. The quantitative estimate of drug-likeness (QED) is 0.806. The van der Waals surface area contributed by atoms with Crippen LogP contribution in [0.25, 0.3) is 0 Å². The highest BCUT2D eigenvalue weighted by Gasteiger charge is 2.16. The van der Waals surface area contributed by atoms with Crippen molar-refractivity contribution in [2.45, 2.75) is 39.3 Å². The summed E-state index contributed by atoms with van der Waals surface area (Å²) >= 11 is 0. The van der Waals surface area contributed by atoms with Crippen molar-refractivity contribution in [2.75, 3.05) is 12.4 Å². The molecule has 1 aromatic heterocycles. The maximum atomic E-state index is 5.07. The minimum atomic E-state index is -0.144. The molecule has 0 aliphatic heterocycles. The van der Waals surface area contributed by atoms with Crippen molar-refractivity contribution in [2.24, 2.45) is 0 Å². The Morgan fingerprint density at radius 1 is 1.43 bits per heavy atom. The molecule has 1 heterocycles. The summed E-state index contributed by atoms with van der Waals surface area (Å²) in [5.74, 6) is 0.555. The smallest absolute Gasteiger partial charge is 0.321 e. The number of anilines is 1. The molecule has 0 amide bonds. The molecule has 1 atom stereocenters. The summed E-state index contributed by atoms with van der Waals surface area (Å²) in [6, 6.07) is 0.427. The van der Waals surface area contributed by atoms with Gasteiger partial charge in [-0.2, -0.15) is 4.98 Å². The molecule has 0 bridgehead atoms. The summed E-state index contributed by atoms with van der Waals surface area (Å²) in [6.07, 6.45) is -0.144. The average Bonchev–Trinajstić information content (AvgIpc) is 2.48. The lowest BCUT2D eigenvalue weighted by atomic mass is 10.1. The van der Waals surface area contributed by atoms with Crippen molar-refractivity contribution in [3.05, 3.63) is 5.82 Å². The first kappa shape index (κ1) is 11.0. The second-order valence-electron chi connectivity index (χ2n) is 4.21. The molecule has 1 aromatic rings. The standard InChI is InChI=1S/C9H17N3O2/c1-6(13-5)7-10-8(14-12-7)11-9(2,3)4/h6H,1-5H3,(H,10,11,12). The molecule has 0 aromatic carbocycles. The second kappa shape index (κ2) is 3.96. The maximum absolute atomic E-state index is 5.07. The Hall–Kier alpha value is -1.10. The van der Waals surface area contributed by atoms with Gasteiger partial charge in [0.15, 0.2) is 0 Å². The van der Waals surface area contributed by atoms with Crippen molar-refractivity contribution < 1.29 is 9.26 Å². The largest absolute Gasteiger partial charge is 0.374 e. The van der Waals surface area contributed by atoms with Crippen LogP contribution in [0.15, 0.2) is 4.52 Å². The fourth-order valence-corrected chi connectivity index (χ4v) is 0.877. The van der Waals surface area contributed by atoms with Crippen LogP contribution in [-0.2, 0) is 4.74 Å². The van der Waals surface area contributed by atoms with Crippen LogP contribution in [-0.4, -0.2) is 22.8 Å². The van der Waals surface area contributed by atoms with E-state index < -0.39 is 0 Å². The number of hydrogen-bond acceptors (Lipinski definition) is 5. The molecule has 0 aliphatic carbocycles. The number of rotatable bonds is 3. The molecule has 1 unspecified atom stereocenters. The third kappa shape index (κ3) is 2.99. The SMILES string of the molecule is COC(C)c1noc(NC(C)(C)C)n1. The first-order chi connectivity index (χ1) is 6.42. The van der Waals surface area contributed by atoms with Gasteiger partial charge >= 0.3 is 6.01 Å². The molecule has 1 N–H and O–H groups in total. The lowest BCUT2D eigenvalue weighted by Crippen LogP contribution is -2.26. The van der Waals surface area contributed by atoms with Crippen molar-refractivity contribution in [3.8, 4) is 0 Å². The van der Waals surface area contributed by atoms with E-state index in [-0.39, 0.29) is 11.6 Å². The highest BCUT2D eigenvalue weighted by Crippen LogP contribution is 2.16. The second-order valence-corrected chi connectivity index (χ2v) is 4.21. The van der Waals surface area contributed by atoms with Gasteiger partial charge in [-0.05, 0) is 27.7 Å². The molecule has 80 valence electrons. The van der Waals surface area contributed by atoms with Gasteiger partial charge < -0.3 is 14.6 Å². The van der Waals surface area contributed by atoms with Gasteiger partial charge in [-0.1, -0.05) is 5.16 Å². The van der Waals surface area contributed by atoms with Gasteiger partial charge in [0.2, 0.25) is 5.82 Å². The highest BCUT2D eigenvalue weighted by molar-refractivity contribution is 5.22. The van der Waals surface area contributed by atoms with Crippen LogP contribution < -0.4 is 5.32 Å². The zero-order valence-electron chi connectivity index (χ0n) is 9.29. The molecular formula is C9H17N3O2. The lowest BCUT2D eigenvalue weighted by molar-refractivity contribution is 0.109. The average molecular weight is 199 g/mol. The Kier molecular flexibility index (Phi) is 3.10. The molecule has 5 nitrogen and oxygen atoms in total. The van der Waals surface area contributed by atoms with Crippen LogP contribution in [0, 0.1) is 0 Å². The highest BCUT2D eigenvalue weighted by atomic mass is 16.5. The summed E-state index contributed by atoms with van der Waals surface area (Å²) < 4.78 is 10.1. The third-order valence-electron chi connectivity index (χ3n) is 1.64. The Bertz CT molecular complexity index is 290. The van der Waals surface area contributed by atoms with Crippen LogP contribution in [0.5, 0.6) is 0 Å². The predicted octanol–water partition coefficient (Wildman–Crippen LogP) is 1.99. The topological polar surface area (TPSA) is 60.2 Å². The van der Waals surface area contributed by atoms with E-state index >= 15 is 0 Å². The van der Waals surface area contributed by atoms with E-state index in [2.05, 4.69) is 15.5 Å². The van der Waals surface area contributed by atoms with Gasteiger partial charge in [0.25, 0.3) is 0 Å². The van der Waals surface area contributed by atoms with Crippen LogP contribution in [0.3, 0.4) is 0 Å². The van der Waals surface area contributed by atoms with Crippen LogP contribution in [0.1, 0.15) is 39.6 Å². The number of ether oxygens (including phenoxy) is 1. The van der Waals surface area contributed by atoms with E-state index in [1.807, 2.05) is 27.7 Å². The van der Waals surface area contributed by atoms with Gasteiger partial charge in [-0.25, -0.2) is 0 Å². The van der Waals surface area contributed by atoms with E-state index in [1.54, 1.807) is 7.11 Å². The van der Waals surface area contributed by atoms with Gasteiger partial charge in [-0.3, -0.25) is 0 Å². The van der Waals surface area contributed by atoms with Crippen molar-refractivity contribution in [1.82, 2.24) is 10.1 Å². The third-order valence-corrected chi connectivity index (χ3v) is 1.64. The minimum Gasteiger partial charge on any atom is -0.374 e. The number of methoxy groups -OCH3 is 1. The fraction of sp³-hybridized carbons (Fsp3) is 0.778. The molecule has 0 saturated carbocycles. The van der Waals surface area contributed by atoms with Crippen molar-refractivity contribution in [3.63, 3.8) is 0 Å². The number of hydrogen-bond donors (Lipinski definition) is 1.